The molecule has 0 aromatic heterocycles. The zero-order chi connectivity index (χ0) is 13.6. The van der Waals surface area contributed by atoms with Gasteiger partial charge in [0, 0.05) is 19.2 Å². The molecule has 0 bridgehead atoms. The molecule has 0 spiro atoms. The SMILES string of the molecule is CC(Cc1ccc(F)cc1)NCC(C)(C)CCO. The van der Waals surface area contributed by atoms with E-state index in [1.807, 2.05) is 12.1 Å². The smallest absolute Gasteiger partial charge is 0.123 e. The molecule has 18 heavy (non-hydrogen) atoms. The van der Waals surface area contributed by atoms with E-state index in [1.165, 1.54) is 12.1 Å². The van der Waals surface area contributed by atoms with Gasteiger partial charge >= 0.3 is 0 Å². The molecular formula is C15H24FNO. The number of halogens is 1. The van der Waals surface area contributed by atoms with E-state index in [1.54, 1.807) is 0 Å². The lowest BCUT2D eigenvalue weighted by atomic mass is 9.89. The van der Waals surface area contributed by atoms with Gasteiger partial charge in [0.2, 0.25) is 0 Å². The molecule has 3 heteroatoms. The molecule has 0 saturated carbocycles. The van der Waals surface area contributed by atoms with E-state index in [9.17, 15) is 4.39 Å². The molecule has 2 N–H and O–H groups in total. The second kappa shape index (κ2) is 6.86. The van der Waals surface area contributed by atoms with Gasteiger partial charge in [0.15, 0.2) is 0 Å². The molecule has 0 aliphatic rings. The van der Waals surface area contributed by atoms with E-state index >= 15 is 0 Å². The summed E-state index contributed by atoms with van der Waals surface area (Å²) < 4.78 is 12.8. The van der Waals surface area contributed by atoms with Crippen LogP contribution in [0.15, 0.2) is 24.3 Å². The summed E-state index contributed by atoms with van der Waals surface area (Å²) in [5.74, 6) is -0.191. The fourth-order valence-electron chi connectivity index (χ4n) is 1.89. The zero-order valence-corrected chi connectivity index (χ0v) is 11.5. The van der Waals surface area contributed by atoms with E-state index in [0.29, 0.717) is 6.04 Å². The van der Waals surface area contributed by atoms with E-state index < -0.39 is 0 Å². The van der Waals surface area contributed by atoms with Crippen molar-refractivity contribution in [3.05, 3.63) is 35.6 Å². The van der Waals surface area contributed by atoms with Gasteiger partial charge in [-0.15, -0.1) is 0 Å². The third-order valence-electron chi connectivity index (χ3n) is 3.17. The summed E-state index contributed by atoms with van der Waals surface area (Å²) in [7, 11) is 0. The summed E-state index contributed by atoms with van der Waals surface area (Å²) in [6.45, 7) is 7.50. The van der Waals surface area contributed by atoms with E-state index in [2.05, 4.69) is 26.1 Å². The molecule has 1 aromatic carbocycles. The molecule has 1 aromatic rings. The Morgan fingerprint density at radius 3 is 2.44 bits per heavy atom. The summed E-state index contributed by atoms with van der Waals surface area (Å²) in [6, 6.07) is 6.99. The molecule has 0 aliphatic heterocycles. The first kappa shape index (κ1) is 15.1. The van der Waals surface area contributed by atoms with Crippen LogP contribution in [0.1, 0.15) is 32.8 Å². The minimum absolute atomic E-state index is 0.103. The summed E-state index contributed by atoms with van der Waals surface area (Å²) in [5, 5.41) is 12.4. The number of rotatable bonds is 7. The van der Waals surface area contributed by atoms with Gasteiger partial charge in [-0.3, -0.25) is 0 Å². The molecule has 0 radical (unpaired) electrons. The Kier molecular flexibility index (Phi) is 5.76. The summed E-state index contributed by atoms with van der Waals surface area (Å²) in [4.78, 5) is 0. The van der Waals surface area contributed by atoms with Crippen molar-refractivity contribution in [1.82, 2.24) is 5.32 Å². The Morgan fingerprint density at radius 2 is 1.89 bits per heavy atom. The first-order chi connectivity index (χ1) is 8.43. The molecule has 2 nitrogen and oxygen atoms in total. The summed E-state index contributed by atoms with van der Waals surface area (Å²) in [6.07, 6.45) is 1.68. The van der Waals surface area contributed by atoms with E-state index in [4.69, 9.17) is 5.11 Å². The average Bonchev–Trinajstić information content (AvgIpc) is 2.30. The average molecular weight is 253 g/mol. The Hall–Kier alpha value is -0.930. The highest BCUT2D eigenvalue weighted by atomic mass is 19.1. The predicted octanol–water partition coefficient (Wildman–Crippen LogP) is 2.75. The molecule has 0 saturated heterocycles. The quantitative estimate of drug-likeness (QED) is 0.783. The van der Waals surface area contributed by atoms with Crippen LogP contribution < -0.4 is 5.32 Å². The Labute approximate surface area is 109 Å². The maximum Gasteiger partial charge on any atom is 0.123 e. The van der Waals surface area contributed by atoms with Gasteiger partial charge in [-0.1, -0.05) is 26.0 Å². The van der Waals surface area contributed by atoms with Crippen LogP contribution in [0.2, 0.25) is 0 Å². The Morgan fingerprint density at radius 1 is 1.28 bits per heavy atom. The predicted molar refractivity (Wildman–Crippen MR) is 73.1 cm³/mol. The highest BCUT2D eigenvalue weighted by Gasteiger charge is 2.17. The monoisotopic (exact) mass is 253 g/mol. The van der Waals surface area contributed by atoms with Gasteiger partial charge in [0.25, 0.3) is 0 Å². The van der Waals surface area contributed by atoms with Crippen LogP contribution in [-0.2, 0) is 6.42 Å². The third kappa shape index (κ3) is 5.61. The van der Waals surface area contributed by atoms with Crippen molar-refractivity contribution < 1.29 is 9.50 Å². The first-order valence-corrected chi connectivity index (χ1v) is 6.52. The normalized spacial score (nSPS) is 13.6. The fourth-order valence-corrected chi connectivity index (χ4v) is 1.89. The van der Waals surface area contributed by atoms with Crippen LogP contribution in [0.4, 0.5) is 4.39 Å². The second-order valence-corrected chi connectivity index (χ2v) is 5.75. The lowest BCUT2D eigenvalue weighted by Gasteiger charge is -2.26. The molecule has 0 aliphatic carbocycles. The van der Waals surface area contributed by atoms with Crippen LogP contribution >= 0.6 is 0 Å². The molecule has 0 heterocycles. The summed E-state index contributed by atoms with van der Waals surface area (Å²) in [5.41, 5.74) is 1.24. The number of hydrogen-bond donors (Lipinski definition) is 2. The Balaban J connectivity index is 2.37. The van der Waals surface area contributed by atoms with Crippen molar-refractivity contribution in [1.29, 1.82) is 0 Å². The third-order valence-corrected chi connectivity index (χ3v) is 3.17. The fraction of sp³-hybridized carbons (Fsp3) is 0.600. The van der Waals surface area contributed by atoms with Crippen molar-refractivity contribution in [3.63, 3.8) is 0 Å². The van der Waals surface area contributed by atoms with E-state index in [0.717, 1.165) is 24.9 Å². The largest absolute Gasteiger partial charge is 0.396 e. The lowest BCUT2D eigenvalue weighted by Crippen LogP contribution is -2.37. The number of hydrogen-bond acceptors (Lipinski definition) is 2. The molecular weight excluding hydrogens is 229 g/mol. The van der Waals surface area contributed by atoms with Crippen molar-refractivity contribution in [3.8, 4) is 0 Å². The lowest BCUT2D eigenvalue weighted by molar-refractivity contribution is 0.203. The Bertz CT molecular complexity index is 348. The highest BCUT2D eigenvalue weighted by Crippen LogP contribution is 2.18. The van der Waals surface area contributed by atoms with Crippen LogP contribution in [0.5, 0.6) is 0 Å². The van der Waals surface area contributed by atoms with Gasteiger partial charge in [-0.25, -0.2) is 4.39 Å². The van der Waals surface area contributed by atoms with Crippen LogP contribution in [0.25, 0.3) is 0 Å². The van der Waals surface area contributed by atoms with Crippen LogP contribution in [-0.4, -0.2) is 24.3 Å². The van der Waals surface area contributed by atoms with Crippen molar-refractivity contribution in [2.45, 2.75) is 39.7 Å². The van der Waals surface area contributed by atoms with Crippen molar-refractivity contribution in [2.24, 2.45) is 5.41 Å². The van der Waals surface area contributed by atoms with Crippen molar-refractivity contribution >= 4 is 0 Å². The number of aliphatic hydroxyl groups is 1. The summed E-state index contributed by atoms with van der Waals surface area (Å²) >= 11 is 0. The second-order valence-electron chi connectivity index (χ2n) is 5.75. The number of nitrogens with one attached hydrogen (secondary N) is 1. The number of benzene rings is 1. The minimum Gasteiger partial charge on any atom is -0.396 e. The minimum atomic E-state index is -0.191. The number of aliphatic hydroxyl groups excluding tert-OH is 1. The van der Waals surface area contributed by atoms with Gasteiger partial charge in [-0.2, -0.15) is 0 Å². The van der Waals surface area contributed by atoms with Crippen LogP contribution in [0.3, 0.4) is 0 Å². The van der Waals surface area contributed by atoms with Gasteiger partial charge < -0.3 is 10.4 Å². The van der Waals surface area contributed by atoms with E-state index in [-0.39, 0.29) is 17.8 Å². The molecule has 1 rings (SSSR count). The highest BCUT2D eigenvalue weighted by molar-refractivity contribution is 5.16. The molecule has 0 fully saturated rings. The van der Waals surface area contributed by atoms with Crippen molar-refractivity contribution in [2.75, 3.05) is 13.2 Å². The molecule has 102 valence electrons. The van der Waals surface area contributed by atoms with Gasteiger partial charge in [-0.05, 0) is 42.9 Å². The maximum absolute atomic E-state index is 12.8. The van der Waals surface area contributed by atoms with Gasteiger partial charge in [0.1, 0.15) is 5.82 Å². The molecule has 0 amide bonds. The molecule has 1 unspecified atom stereocenters. The van der Waals surface area contributed by atoms with Crippen LogP contribution in [0, 0.1) is 11.2 Å². The van der Waals surface area contributed by atoms with Gasteiger partial charge in [0.05, 0.1) is 0 Å². The molecule has 1 atom stereocenters. The first-order valence-electron chi connectivity index (χ1n) is 6.52. The standard InChI is InChI=1S/C15H24FNO/c1-12(17-11-15(2,3)8-9-18)10-13-4-6-14(16)7-5-13/h4-7,12,17-18H,8-11H2,1-3H3. The topological polar surface area (TPSA) is 32.3 Å². The zero-order valence-electron chi connectivity index (χ0n) is 11.5. The maximum atomic E-state index is 12.8.